The second-order valence-corrected chi connectivity index (χ2v) is 6.81. The summed E-state index contributed by atoms with van der Waals surface area (Å²) in [6.45, 7) is 1.79. The highest BCUT2D eigenvalue weighted by Crippen LogP contribution is 2.39. The number of ether oxygens (including phenoxy) is 1. The topological polar surface area (TPSA) is 90.8 Å². The van der Waals surface area contributed by atoms with Gasteiger partial charge in [-0.15, -0.1) is 0 Å². The molecule has 6 nitrogen and oxygen atoms in total. The van der Waals surface area contributed by atoms with Crippen molar-refractivity contribution in [2.24, 2.45) is 5.92 Å². The standard InChI is InChI=1S/C16H18N4O2S/c1-16(9-17,10-3-4-10)20-14(21)8-23-15-18-12-6-5-11(22-2)7-13(12)19-15/h5-7,10H,3-4,8H2,1-2H3,(H,18,19)(H,20,21)/t16-/m1/s1. The Morgan fingerprint density at radius 3 is 3.04 bits per heavy atom. The van der Waals surface area contributed by atoms with E-state index in [1.54, 1.807) is 14.0 Å². The highest BCUT2D eigenvalue weighted by atomic mass is 32.2. The van der Waals surface area contributed by atoms with Gasteiger partial charge in [0.1, 0.15) is 11.3 Å². The number of nitrogens with one attached hydrogen (secondary N) is 2. The summed E-state index contributed by atoms with van der Waals surface area (Å²) in [7, 11) is 1.61. The number of nitriles is 1. The van der Waals surface area contributed by atoms with Crippen LogP contribution in [0.25, 0.3) is 11.0 Å². The largest absolute Gasteiger partial charge is 0.497 e. The van der Waals surface area contributed by atoms with Crippen molar-refractivity contribution in [3.63, 3.8) is 0 Å². The zero-order valence-electron chi connectivity index (χ0n) is 13.0. The predicted molar refractivity (Wildman–Crippen MR) is 88.3 cm³/mol. The van der Waals surface area contributed by atoms with Gasteiger partial charge in [0.15, 0.2) is 5.16 Å². The number of fused-ring (bicyclic) bond motifs is 1. The molecular weight excluding hydrogens is 312 g/mol. The second kappa shape index (κ2) is 6.13. The maximum Gasteiger partial charge on any atom is 0.231 e. The van der Waals surface area contributed by atoms with Crippen LogP contribution >= 0.6 is 11.8 Å². The summed E-state index contributed by atoms with van der Waals surface area (Å²) in [6, 6.07) is 7.81. The van der Waals surface area contributed by atoms with E-state index in [9.17, 15) is 10.1 Å². The highest BCUT2D eigenvalue weighted by molar-refractivity contribution is 7.99. The number of benzene rings is 1. The van der Waals surface area contributed by atoms with Crippen LogP contribution in [0.15, 0.2) is 23.4 Å². The van der Waals surface area contributed by atoms with Crippen LogP contribution in [-0.4, -0.2) is 34.3 Å². The van der Waals surface area contributed by atoms with Crippen molar-refractivity contribution in [2.45, 2.75) is 30.5 Å². The Labute approximate surface area is 138 Å². The molecule has 1 saturated carbocycles. The molecule has 1 atom stereocenters. The van der Waals surface area contributed by atoms with Gasteiger partial charge in [0.2, 0.25) is 5.91 Å². The van der Waals surface area contributed by atoms with E-state index in [2.05, 4.69) is 21.4 Å². The van der Waals surface area contributed by atoms with Crippen molar-refractivity contribution < 1.29 is 9.53 Å². The smallest absolute Gasteiger partial charge is 0.231 e. The lowest BCUT2D eigenvalue weighted by Gasteiger charge is -2.22. The minimum atomic E-state index is -0.751. The van der Waals surface area contributed by atoms with Gasteiger partial charge in [-0.1, -0.05) is 11.8 Å². The first kappa shape index (κ1) is 15.7. The summed E-state index contributed by atoms with van der Waals surface area (Å²) in [5.41, 5.74) is 0.944. The van der Waals surface area contributed by atoms with Crippen LogP contribution in [0.5, 0.6) is 5.75 Å². The number of carbonyl (C=O) groups excluding carboxylic acids is 1. The third-order valence-electron chi connectivity index (χ3n) is 4.03. The zero-order valence-corrected chi connectivity index (χ0v) is 13.9. The summed E-state index contributed by atoms with van der Waals surface area (Å²) in [5, 5.41) is 12.8. The summed E-state index contributed by atoms with van der Waals surface area (Å²) in [4.78, 5) is 19.7. The van der Waals surface area contributed by atoms with Gasteiger partial charge in [-0.25, -0.2) is 4.98 Å². The van der Waals surface area contributed by atoms with E-state index < -0.39 is 5.54 Å². The third kappa shape index (κ3) is 3.42. The molecule has 120 valence electrons. The Hall–Kier alpha value is -2.20. The Balaban J connectivity index is 1.61. The number of hydrogen-bond acceptors (Lipinski definition) is 5. The molecule has 0 unspecified atom stereocenters. The SMILES string of the molecule is COc1ccc2nc(SCC(=O)N[C@](C)(C#N)C3CC3)[nH]c2c1. The summed E-state index contributed by atoms with van der Waals surface area (Å²) in [6.07, 6.45) is 2.01. The second-order valence-electron chi connectivity index (χ2n) is 5.85. The van der Waals surface area contributed by atoms with E-state index >= 15 is 0 Å². The fourth-order valence-electron chi connectivity index (χ4n) is 2.50. The molecule has 1 aliphatic carbocycles. The average molecular weight is 330 g/mol. The molecule has 1 aromatic carbocycles. The van der Waals surface area contributed by atoms with E-state index in [0.717, 1.165) is 29.6 Å². The highest BCUT2D eigenvalue weighted by Gasteiger charge is 2.42. The lowest BCUT2D eigenvalue weighted by molar-refractivity contribution is -0.119. The van der Waals surface area contributed by atoms with Crippen LogP contribution < -0.4 is 10.1 Å². The van der Waals surface area contributed by atoms with Gasteiger partial charge in [0.25, 0.3) is 0 Å². The number of H-pyrrole nitrogens is 1. The van der Waals surface area contributed by atoms with E-state index in [1.165, 1.54) is 11.8 Å². The van der Waals surface area contributed by atoms with Crippen LogP contribution in [0.3, 0.4) is 0 Å². The molecule has 1 aromatic heterocycles. The first-order chi connectivity index (χ1) is 11.0. The number of rotatable bonds is 6. The maximum absolute atomic E-state index is 12.1. The summed E-state index contributed by atoms with van der Waals surface area (Å²) >= 11 is 1.32. The number of hydrogen-bond donors (Lipinski definition) is 2. The molecule has 2 aromatic rings. The molecule has 23 heavy (non-hydrogen) atoms. The number of amides is 1. The molecule has 3 rings (SSSR count). The van der Waals surface area contributed by atoms with Crippen molar-refractivity contribution in [3.8, 4) is 11.8 Å². The number of methoxy groups -OCH3 is 1. The lowest BCUT2D eigenvalue weighted by atomic mass is 9.98. The molecule has 1 aliphatic rings. The van der Waals surface area contributed by atoms with Gasteiger partial charge >= 0.3 is 0 Å². The normalized spacial score (nSPS) is 16.6. The molecule has 0 saturated heterocycles. The monoisotopic (exact) mass is 330 g/mol. The van der Waals surface area contributed by atoms with Crippen LogP contribution in [0.1, 0.15) is 19.8 Å². The number of imidazole rings is 1. The fraction of sp³-hybridized carbons (Fsp3) is 0.438. The summed E-state index contributed by atoms with van der Waals surface area (Å²) in [5.74, 6) is 1.11. The number of aromatic amines is 1. The molecule has 1 heterocycles. The fourth-order valence-corrected chi connectivity index (χ4v) is 3.19. The quantitative estimate of drug-likeness (QED) is 0.794. The molecular formula is C16H18N4O2S. The maximum atomic E-state index is 12.1. The molecule has 0 spiro atoms. The van der Waals surface area contributed by atoms with E-state index in [1.807, 2.05) is 18.2 Å². The van der Waals surface area contributed by atoms with Gasteiger partial charge in [-0.2, -0.15) is 5.26 Å². The molecule has 1 amide bonds. The third-order valence-corrected chi connectivity index (χ3v) is 4.91. The summed E-state index contributed by atoms with van der Waals surface area (Å²) < 4.78 is 5.18. The van der Waals surface area contributed by atoms with E-state index in [4.69, 9.17) is 4.74 Å². The van der Waals surface area contributed by atoms with Crippen LogP contribution in [-0.2, 0) is 4.79 Å². The van der Waals surface area contributed by atoms with Gasteiger partial charge in [-0.05, 0) is 37.8 Å². The van der Waals surface area contributed by atoms with Gasteiger partial charge < -0.3 is 15.0 Å². The first-order valence-electron chi connectivity index (χ1n) is 7.43. The van der Waals surface area contributed by atoms with Crippen molar-refractivity contribution in [2.75, 3.05) is 12.9 Å². The zero-order chi connectivity index (χ0) is 16.4. The molecule has 0 radical (unpaired) electrons. The van der Waals surface area contributed by atoms with E-state index in [0.29, 0.717) is 5.16 Å². The molecule has 1 fully saturated rings. The van der Waals surface area contributed by atoms with Gasteiger partial charge in [0.05, 0.1) is 30.0 Å². The molecule has 0 aliphatic heterocycles. The molecule has 0 bridgehead atoms. The predicted octanol–water partition coefficient (Wildman–Crippen LogP) is 2.47. The Morgan fingerprint density at radius 1 is 1.61 bits per heavy atom. The van der Waals surface area contributed by atoms with Crippen molar-refractivity contribution in [1.29, 1.82) is 5.26 Å². The Morgan fingerprint density at radius 2 is 2.39 bits per heavy atom. The van der Waals surface area contributed by atoms with Crippen molar-refractivity contribution >= 4 is 28.7 Å². The number of carbonyl (C=O) groups is 1. The number of aromatic nitrogens is 2. The Bertz CT molecular complexity index is 778. The van der Waals surface area contributed by atoms with Crippen LogP contribution in [0.4, 0.5) is 0 Å². The van der Waals surface area contributed by atoms with Crippen LogP contribution in [0.2, 0.25) is 0 Å². The number of thioether (sulfide) groups is 1. The van der Waals surface area contributed by atoms with E-state index in [-0.39, 0.29) is 17.6 Å². The van der Waals surface area contributed by atoms with Gasteiger partial charge in [0, 0.05) is 6.07 Å². The first-order valence-corrected chi connectivity index (χ1v) is 8.41. The van der Waals surface area contributed by atoms with Gasteiger partial charge in [-0.3, -0.25) is 4.79 Å². The number of nitrogens with zero attached hydrogens (tertiary/aromatic N) is 2. The molecule has 7 heteroatoms. The Kier molecular flexibility index (Phi) is 4.18. The minimum Gasteiger partial charge on any atom is -0.497 e. The minimum absolute atomic E-state index is 0.149. The lowest BCUT2D eigenvalue weighted by Crippen LogP contribution is -2.47. The van der Waals surface area contributed by atoms with Crippen LogP contribution in [0, 0.1) is 17.2 Å². The average Bonchev–Trinajstić information content (AvgIpc) is 3.33. The van der Waals surface area contributed by atoms with Crippen molar-refractivity contribution in [3.05, 3.63) is 18.2 Å². The van der Waals surface area contributed by atoms with Crippen molar-refractivity contribution in [1.82, 2.24) is 15.3 Å². The molecule has 2 N–H and O–H groups in total.